The SMILES string of the molecule is CC1(C)CN(C(=O)N2CCC3(CCN(Cc4cc(F)ccc4F)CC3)C2)c2cccnc21. The van der Waals surface area contributed by atoms with Crippen molar-refractivity contribution in [3.8, 4) is 0 Å². The van der Waals surface area contributed by atoms with Crippen LogP contribution in [-0.4, -0.2) is 53.5 Å². The molecule has 0 aliphatic carbocycles. The predicted molar refractivity (Wildman–Crippen MR) is 119 cm³/mol. The van der Waals surface area contributed by atoms with E-state index in [0.29, 0.717) is 18.7 Å². The molecule has 5 rings (SSSR count). The van der Waals surface area contributed by atoms with Gasteiger partial charge in [-0.2, -0.15) is 0 Å². The van der Waals surface area contributed by atoms with Crippen molar-refractivity contribution in [2.45, 2.75) is 45.1 Å². The number of amides is 2. The van der Waals surface area contributed by atoms with E-state index in [1.165, 1.54) is 12.1 Å². The summed E-state index contributed by atoms with van der Waals surface area (Å²) in [6, 6.07) is 7.60. The van der Waals surface area contributed by atoms with Crippen LogP contribution in [0.25, 0.3) is 0 Å². The molecular weight excluding hydrogens is 410 g/mol. The van der Waals surface area contributed by atoms with E-state index in [2.05, 4.69) is 23.7 Å². The highest BCUT2D eigenvalue weighted by Gasteiger charge is 2.46. The molecule has 7 heteroatoms. The van der Waals surface area contributed by atoms with Crippen molar-refractivity contribution in [2.75, 3.05) is 37.6 Å². The molecule has 2 saturated heterocycles. The van der Waals surface area contributed by atoms with Crippen molar-refractivity contribution < 1.29 is 13.6 Å². The predicted octanol–water partition coefficient (Wildman–Crippen LogP) is 4.57. The van der Waals surface area contributed by atoms with Crippen LogP contribution in [0.1, 0.15) is 44.4 Å². The molecular formula is C25H30F2N4O. The van der Waals surface area contributed by atoms with E-state index in [1.807, 2.05) is 21.9 Å². The van der Waals surface area contributed by atoms with Gasteiger partial charge in [-0.1, -0.05) is 13.8 Å². The molecule has 3 aliphatic rings. The Balaban J connectivity index is 1.22. The summed E-state index contributed by atoms with van der Waals surface area (Å²) in [6.07, 6.45) is 4.73. The minimum Gasteiger partial charge on any atom is -0.324 e. The first-order valence-electron chi connectivity index (χ1n) is 11.4. The van der Waals surface area contributed by atoms with Crippen molar-refractivity contribution in [1.29, 1.82) is 0 Å². The van der Waals surface area contributed by atoms with E-state index >= 15 is 0 Å². The Hall–Kier alpha value is -2.54. The molecule has 2 fully saturated rings. The third-order valence-electron chi connectivity index (χ3n) is 7.53. The summed E-state index contributed by atoms with van der Waals surface area (Å²) in [4.78, 5) is 24.1. The Morgan fingerprint density at radius 2 is 1.81 bits per heavy atom. The smallest absolute Gasteiger partial charge is 0.324 e. The van der Waals surface area contributed by atoms with E-state index in [9.17, 15) is 13.6 Å². The fraction of sp³-hybridized carbons (Fsp3) is 0.520. The quantitative estimate of drug-likeness (QED) is 0.687. The van der Waals surface area contributed by atoms with Crippen molar-refractivity contribution in [1.82, 2.24) is 14.8 Å². The average molecular weight is 441 g/mol. The van der Waals surface area contributed by atoms with Gasteiger partial charge in [-0.15, -0.1) is 0 Å². The summed E-state index contributed by atoms with van der Waals surface area (Å²) in [7, 11) is 0. The maximum atomic E-state index is 14.0. The minimum atomic E-state index is -0.401. The van der Waals surface area contributed by atoms with Crippen molar-refractivity contribution in [3.63, 3.8) is 0 Å². The molecule has 0 unspecified atom stereocenters. The minimum absolute atomic E-state index is 0.0750. The van der Waals surface area contributed by atoms with Gasteiger partial charge in [-0.25, -0.2) is 13.6 Å². The standard InChI is InChI=1S/C25H30F2N4O/c1-24(2)16-31(21-4-3-10-28-22(21)24)23(32)30-13-9-25(17-30)7-11-29(12-8-25)15-18-14-19(26)5-6-20(18)27/h3-6,10,14H,7-9,11-13,15-17H2,1-2H3. The van der Waals surface area contributed by atoms with Crippen molar-refractivity contribution >= 4 is 11.7 Å². The van der Waals surface area contributed by atoms with E-state index in [0.717, 1.165) is 62.9 Å². The second-order valence-electron chi connectivity index (χ2n) is 10.3. The lowest BCUT2D eigenvalue weighted by atomic mass is 9.77. The number of pyridine rings is 1. The van der Waals surface area contributed by atoms with Gasteiger partial charge in [0.2, 0.25) is 0 Å². The van der Waals surface area contributed by atoms with Crippen molar-refractivity contribution in [3.05, 3.63) is 59.4 Å². The van der Waals surface area contributed by atoms with Gasteiger partial charge in [0.05, 0.1) is 11.4 Å². The number of fused-ring (bicyclic) bond motifs is 1. The zero-order valence-electron chi connectivity index (χ0n) is 18.8. The third-order valence-corrected chi connectivity index (χ3v) is 7.53. The topological polar surface area (TPSA) is 39.7 Å². The summed E-state index contributed by atoms with van der Waals surface area (Å²) in [5, 5.41) is 0. The number of rotatable bonds is 2. The van der Waals surface area contributed by atoms with Crippen LogP contribution in [0.5, 0.6) is 0 Å². The summed E-state index contributed by atoms with van der Waals surface area (Å²) in [6.45, 7) is 8.54. The van der Waals surface area contributed by atoms with Crippen LogP contribution in [0.15, 0.2) is 36.5 Å². The zero-order chi connectivity index (χ0) is 22.5. The Kier molecular flexibility index (Phi) is 5.19. The fourth-order valence-electron chi connectivity index (χ4n) is 5.63. The molecule has 0 radical (unpaired) electrons. The molecule has 1 spiro atoms. The molecule has 5 nitrogen and oxygen atoms in total. The van der Waals surface area contributed by atoms with E-state index in [4.69, 9.17) is 0 Å². The van der Waals surface area contributed by atoms with Gasteiger partial charge in [-0.3, -0.25) is 14.8 Å². The lowest BCUT2D eigenvalue weighted by molar-refractivity contribution is 0.104. The lowest BCUT2D eigenvalue weighted by Crippen LogP contribution is -2.46. The largest absolute Gasteiger partial charge is 0.324 e. The summed E-state index contributed by atoms with van der Waals surface area (Å²) >= 11 is 0. The number of carbonyl (C=O) groups is 1. The number of benzene rings is 1. The number of carbonyl (C=O) groups excluding carboxylic acids is 1. The number of nitrogens with zero attached hydrogens (tertiary/aromatic N) is 4. The third kappa shape index (κ3) is 3.76. The fourth-order valence-corrected chi connectivity index (χ4v) is 5.63. The number of hydrogen-bond acceptors (Lipinski definition) is 3. The second-order valence-corrected chi connectivity index (χ2v) is 10.3. The number of aromatic nitrogens is 1. The van der Waals surface area contributed by atoms with E-state index < -0.39 is 5.82 Å². The van der Waals surface area contributed by atoms with Gasteiger partial charge >= 0.3 is 6.03 Å². The first-order valence-corrected chi connectivity index (χ1v) is 11.4. The maximum absolute atomic E-state index is 14.0. The Labute approximate surface area is 188 Å². The highest BCUT2D eigenvalue weighted by atomic mass is 19.1. The van der Waals surface area contributed by atoms with Gasteiger partial charge in [0, 0.05) is 43.4 Å². The molecule has 2 aromatic rings. The van der Waals surface area contributed by atoms with Crippen LogP contribution < -0.4 is 4.90 Å². The molecule has 3 aliphatic heterocycles. The van der Waals surface area contributed by atoms with Crippen LogP contribution in [0, 0.1) is 17.0 Å². The summed E-state index contributed by atoms with van der Waals surface area (Å²) < 4.78 is 27.5. The maximum Gasteiger partial charge on any atom is 0.324 e. The molecule has 0 bridgehead atoms. The molecule has 0 saturated carbocycles. The second kappa shape index (κ2) is 7.80. The van der Waals surface area contributed by atoms with Crippen LogP contribution in [0.4, 0.5) is 19.3 Å². The highest BCUT2D eigenvalue weighted by Crippen LogP contribution is 2.43. The van der Waals surface area contributed by atoms with Crippen LogP contribution in [0.2, 0.25) is 0 Å². The number of halogens is 2. The number of piperidine rings is 1. The number of likely N-dealkylation sites (tertiary alicyclic amines) is 2. The van der Waals surface area contributed by atoms with Crippen molar-refractivity contribution in [2.24, 2.45) is 5.41 Å². The van der Waals surface area contributed by atoms with E-state index in [1.54, 1.807) is 6.20 Å². The molecule has 1 aromatic heterocycles. The zero-order valence-corrected chi connectivity index (χ0v) is 18.8. The normalized spacial score (nSPS) is 21.9. The summed E-state index contributed by atoms with van der Waals surface area (Å²) in [5.74, 6) is -0.755. The molecule has 0 N–H and O–H groups in total. The van der Waals surface area contributed by atoms with Gasteiger partial charge < -0.3 is 4.90 Å². The first-order chi connectivity index (χ1) is 15.3. The Morgan fingerprint density at radius 3 is 2.59 bits per heavy atom. The van der Waals surface area contributed by atoms with Gasteiger partial charge in [-0.05, 0) is 68.1 Å². The Bertz CT molecular complexity index is 1030. The number of anilines is 1. The summed E-state index contributed by atoms with van der Waals surface area (Å²) in [5.41, 5.74) is 2.30. The molecule has 2 amide bonds. The van der Waals surface area contributed by atoms with Crippen LogP contribution in [-0.2, 0) is 12.0 Å². The van der Waals surface area contributed by atoms with Crippen LogP contribution in [0.3, 0.4) is 0 Å². The van der Waals surface area contributed by atoms with Gasteiger partial charge in [0.25, 0.3) is 0 Å². The van der Waals surface area contributed by atoms with E-state index in [-0.39, 0.29) is 22.7 Å². The number of hydrogen-bond donors (Lipinski definition) is 0. The van der Waals surface area contributed by atoms with Crippen LogP contribution >= 0.6 is 0 Å². The highest BCUT2D eigenvalue weighted by molar-refractivity contribution is 5.94. The monoisotopic (exact) mass is 440 g/mol. The average Bonchev–Trinajstić information content (AvgIpc) is 3.31. The van der Waals surface area contributed by atoms with Gasteiger partial charge in [0.15, 0.2) is 0 Å². The molecule has 32 heavy (non-hydrogen) atoms. The first kappa shape index (κ1) is 21.3. The Morgan fingerprint density at radius 1 is 1.06 bits per heavy atom. The molecule has 1 aromatic carbocycles. The molecule has 4 heterocycles. The lowest BCUT2D eigenvalue weighted by Gasteiger charge is -2.39. The van der Waals surface area contributed by atoms with Gasteiger partial charge in [0.1, 0.15) is 11.6 Å². The molecule has 170 valence electrons. The molecule has 0 atom stereocenters. The number of urea groups is 1.